The molecule has 0 radical (unpaired) electrons. The lowest BCUT2D eigenvalue weighted by molar-refractivity contribution is 0.0616. The maximum absolute atomic E-state index is 13.1. The van der Waals surface area contributed by atoms with E-state index in [2.05, 4.69) is 34.3 Å². The molecule has 0 aliphatic carbocycles. The van der Waals surface area contributed by atoms with Gasteiger partial charge < -0.3 is 14.2 Å². The average Bonchev–Trinajstić information content (AvgIpc) is 3.14. The number of rotatable bonds is 6. The van der Waals surface area contributed by atoms with Crippen LogP contribution < -0.4 is 4.74 Å². The first-order valence-corrected chi connectivity index (χ1v) is 10.3. The molecule has 0 bridgehead atoms. The van der Waals surface area contributed by atoms with Gasteiger partial charge in [-0.3, -0.25) is 9.69 Å². The molecule has 156 valence electrons. The Bertz CT molecular complexity index is 992. The molecule has 1 aliphatic rings. The molecule has 0 atom stereocenters. The highest BCUT2D eigenvalue weighted by molar-refractivity contribution is 5.93. The number of ether oxygens (including phenoxy) is 1. The molecule has 1 aliphatic heterocycles. The van der Waals surface area contributed by atoms with Gasteiger partial charge in [-0.15, -0.1) is 0 Å². The molecule has 1 aromatic heterocycles. The van der Waals surface area contributed by atoms with Crippen molar-refractivity contribution in [2.75, 3.05) is 26.2 Å². The van der Waals surface area contributed by atoms with Gasteiger partial charge in [0.1, 0.15) is 18.1 Å². The summed E-state index contributed by atoms with van der Waals surface area (Å²) in [6.07, 6.45) is 0. The summed E-state index contributed by atoms with van der Waals surface area (Å²) in [4.78, 5) is 17.3. The van der Waals surface area contributed by atoms with Crippen LogP contribution in [-0.4, -0.2) is 47.0 Å². The zero-order valence-corrected chi connectivity index (χ0v) is 17.5. The van der Waals surface area contributed by atoms with Crippen LogP contribution in [-0.2, 0) is 13.2 Å². The number of piperazine rings is 1. The number of hydrogen-bond acceptors (Lipinski definition) is 5. The van der Waals surface area contributed by atoms with Crippen molar-refractivity contribution < 1.29 is 14.1 Å². The monoisotopic (exact) mass is 405 g/mol. The van der Waals surface area contributed by atoms with Gasteiger partial charge >= 0.3 is 0 Å². The molecular formula is C24H27N3O3. The zero-order valence-electron chi connectivity index (χ0n) is 17.5. The lowest BCUT2D eigenvalue weighted by Gasteiger charge is -2.34. The Kier molecular flexibility index (Phi) is 6.14. The van der Waals surface area contributed by atoms with E-state index in [1.165, 1.54) is 5.56 Å². The summed E-state index contributed by atoms with van der Waals surface area (Å²) in [5.74, 6) is 1.33. The van der Waals surface area contributed by atoms with E-state index in [0.717, 1.165) is 36.5 Å². The van der Waals surface area contributed by atoms with Crippen LogP contribution in [0.5, 0.6) is 5.75 Å². The quantitative estimate of drug-likeness (QED) is 0.624. The number of aromatic nitrogens is 1. The van der Waals surface area contributed by atoms with Gasteiger partial charge in [-0.05, 0) is 31.0 Å². The van der Waals surface area contributed by atoms with Crippen molar-refractivity contribution in [3.8, 4) is 5.75 Å². The van der Waals surface area contributed by atoms with Crippen LogP contribution in [0.1, 0.15) is 32.9 Å². The fourth-order valence-corrected chi connectivity index (χ4v) is 3.70. The minimum absolute atomic E-state index is 0.0883. The molecule has 0 saturated carbocycles. The van der Waals surface area contributed by atoms with Crippen molar-refractivity contribution in [2.24, 2.45) is 0 Å². The average molecular weight is 405 g/mol. The minimum Gasteiger partial charge on any atom is -0.488 e. The Morgan fingerprint density at radius 2 is 1.70 bits per heavy atom. The Balaban J connectivity index is 1.38. The van der Waals surface area contributed by atoms with E-state index in [9.17, 15) is 4.79 Å². The number of carbonyl (C=O) groups is 1. The first kappa shape index (κ1) is 20.2. The van der Waals surface area contributed by atoms with Crippen LogP contribution in [0.3, 0.4) is 0 Å². The van der Waals surface area contributed by atoms with Gasteiger partial charge in [-0.1, -0.05) is 53.7 Å². The van der Waals surface area contributed by atoms with Crippen LogP contribution >= 0.6 is 0 Å². The van der Waals surface area contributed by atoms with Gasteiger partial charge in [-0.25, -0.2) is 0 Å². The fourth-order valence-electron chi connectivity index (χ4n) is 3.70. The maximum Gasteiger partial charge on any atom is 0.276 e. The lowest BCUT2D eigenvalue weighted by Crippen LogP contribution is -2.48. The van der Waals surface area contributed by atoms with E-state index < -0.39 is 0 Å². The Morgan fingerprint density at radius 1 is 1.00 bits per heavy atom. The standard InChI is InChI=1S/C24H27N3O3/c1-18-8-6-7-11-22(18)29-17-21-19(2)30-25-23(21)24(28)27-14-12-26(13-15-27)16-20-9-4-3-5-10-20/h3-11H,12-17H2,1-2H3. The largest absolute Gasteiger partial charge is 0.488 e. The Hall–Kier alpha value is -3.12. The lowest BCUT2D eigenvalue weighted by atomic mass is 10.1. The second-order valence-corrected chi connectivity index (χ2v) is 7.67. The van der Waals surface area contributed by atoms with E-state index in [-0.39, 0.29) is 12.5 Å². The molecular weight excluding hydrogens is 378 g/mol. The third-order valence-corrected chi connectivity index (χ3v) is 5.56. The number of benzene rings is 2. The number of hydrogen-bond donors (Lipinski definition) is 0. The van der Waals surface area contributed by atoms with Crippen LogP contribution in [0, 0.1) is 13.8 Å². The smallest absolute Gasteiger partial charge is 0.276 e. The molecule has 3 aromatic rings. The van der Waals surface area contributed by atoms with Crippen molar-refractivity contribution in [2.45, 2.75) is 27.0 Å². The molecule has 2 aromatic carbocycles. The van der Waals surface area contributed by atoms with Gasteiger partial charge in [0.25, 0.3) is 5.91 Å². The van der Waals surface area contributed by atoms with E-state index in [1.807, 2.05) is 49.1 Å². The van der Waals surface area contributed by atoms with Gasteiger partial charge in [-0.2, -0.15) is 0 Å². The number of aryl methyl sites for hydroxylation is 2. The van der Waals surface area contributed by atoms with E-state index >= 15 is 0 Å². The Labute approximate surface area is 177 Å². The Morgan fingerprint density at radius 3 is 2.43 bits per heavy atom. The van der Waals surface area contributed by atoms with Crippen LogP contribution in [0.4, 0.5) is 0 Å². The van der Waals surface area contributed by atoms with Crippen molar-refractivity contribution in [3.05, 3.63) is 82.7 Å². The van der Waals surface area contributed by atoms with E-state index in [4.69, 9.17) is 9.26 Å². The first-order valence-electron chi connectivity index (χ1n) is 10.3. The summed E-state index contributed by atoms with van der Waals surface area (Å²) < 4.78 is 11.3. The molecule has 0 N–H and O–H groups in total. The van der Waals surface area contributed by atoms with Crippen molar-refractivity contribution >= 4 is 5.91 Å². The summed E-state index contributed by atoms with van der Waals surface area (Å²) in [5.41, 5.74) is 3.42. The summed E-state index contributed by atoms with van der Waals surface area (Å²) in [5, 5.41) is 4.05. The van der Waals surface area contributed by atoms with Crippen molar-refractivity contribution in [1.82, 2.24) is 15.0 Å². The number of amides is 1. The predicted molar refractivity (Wildman–Crippen MR) is 114 cm³/mol. The summed E-state index contributed by atoms with van der Waals surface area (Å²) in [6, 6.07) is 18.2. The predicted octanol–water partition coefficient (Wildman–Crippen LogP) is 3.83. The number of carbonyl (C=O) groups excluding carboxylic acids is 1. The minimum atomic E-state index is -0.0883. The highest BCUT2D eigenvalue weighted by atomic mass is 16.5. The highest BCUT2D eigenvalue weighted by Gasteiger charge is 2.28. The van der Waals surface area contributed by atoms with Gasteiger partial charge in [0, 0.05) is 32.7 Å². The van der Waals surface area contributed by atoms with Gasteiger partial charge in [0.05, 0.1) is 5.56 Å². The van der Waals surface area contributed by atoms with Gasteiger partial charge in [0.15, 0.2) is 5.69 Å². The molecule has 1 amide bonds. The molecule has 4 rings (SSSR count). The maximum atomic E-state index is 13.1. The van der Waals surface area contributed by atoms with Crippen LogP contribution in [0.2, 0.25) is 0 Å². The molecule has 1 fully saturated rings. The molecule has 6 heteroatoms. The van der Waals surface area contributed by atoms with E-state index in [1.54, 1.807) is 0 Å². The second-order valence-electron chi connectivity index (χ2n) is 7.67. The fraction of sp³-hybridized carbons (Fsp3) is 0.333. The van der Waals surface area contributed by atoms with Crippen molar-refractivity contribution in [1.29, 1.82) is 0 Å². The van der Waals surface area contributed by atoms with Crippen LogP contribution in [0.25, 0.3) is 0 Å². The SMILES string of the molecule is Cc1ccccc1OCc1c(C(=O)N2CCN(Cc3ccccc3)CC2)noc1C. The third kappa shape index (κ3) is 4.54. The molecule has 2 heterocycles. The molecule has 0 spiro atoms. The van der Waals surface area contributed by atoms with Gasteiger partial charge in [0.2, 0.25) is 0 Å². The molecule has 6 nitrogen and oxygen atoms in total. The summed E-state index contributed by atoms with van der Waals surface area (Å²) >= 11 is 0. The summed E-state index contributed by atoms with van der Waals surface area (Å²) in [6.45, 7) is 8.01. The molecule has 0 unspecified atom stereocenters. The topological polar surface area (TPSA) is 58.8 Å². The molecule has 30 heavy (non-hydrogen) atoms. The molecule has 1 saturated heterocycles. The first-order chi connectivity index (χ1) is 14.6. The third-order valence-electron chi connectivity index (χ3n) is 5.56. The highest BCUT2D eigenvalue weighted by Crippen LogP contribution is 2.22. The normalized spacial score (nSPS) is 14.7. The second kappa shape index (κ2) is 9.13. The van der Waals surface area contributed by atoms with E-state index in [0.29, 0.717) is 24.5 Å². The zero-order chi connectivity index (χ0) is 20.9. The van der Waals surface area contributed by atoms with Crippen molar-refractivity contribution in [3.63, 3.8) is 0 Å². The summed E-state index contributed by atoms with van der Waals surface area (Å²) in [7, 11) is 0. The van der Waals surface area contributed by atoms with Crippen LogP contribution in [0.15, 0.2) is 59.1 Å². The number of para-hydroxylation sites is 1. The number of nitrogens with zero attached hydrogens (tertiary/aromatic N) is 3.